The van der Waals surface area contributed by atoms with E-state index < -0.39 is 0 Å². The molecule has 48 heavy (non-hydrogen) atoms. The first-order chi connectivity index (χ1) is 23.8. The van der Waals surface area contributed by atoms with Crippen LogP contribution in [0.3, 0.4) is 0 Å². The van der Waals surface area contributed by atoms with E-state index in [0.717, 1.165) is 11.4 Å². The summed E-state index contributed by atoms with van der Waals surface area (Å²) in [4.78, 5) is 4.79. The monoisotopic (exact) mass is 609 g/mol. The number of hydrogen-bond donors (Lipinski definition) is 0. The molecule has 3 nitrogen and oxygen atoms in total. The third-order valence-corrected chi connectivity index (χ3v) is 10.3. The molecule has 222 valence electrons. The predicted molar refractivity (Wildman–Crippen MR) is 200 cm³/mol. The Bertz CT molecular complexity index is 2940. The van der Waals surface area contributed by atoms with Crippen molar-refractivity contribution in [2.45, 2.75) is 0 Å². The average molecular weight is 610 g/mol. The molecular weight excluding hydrogens is 583 g/mol. The Balaban J connectivity index is 1.15. The van der Waals surface area contributed by atoms with Crippen LogP contribution in [-0.2, 0) is 0 Å². The number of fused-ring (bicyclic) bond motifs is 9. The lowest BCUT2D eigenvalue weighted by molar-refractivity contribution is 1.18. The minimum Gasteiger partial charge on any atom is -0.309 e. The van der Waals surface area contributed by atoms with Gasteiger partial charge in [-0.3, -0.25) is 4.98 Å². The molecular formula is C45H27N3. The highest BCUT2D eigenvalue weighted by Gasteiger charge is 2.24. The standard InChI is InChI=1S/C45H27N3/c1-2-11-31(12-3-1)47-41-18-7-5-14-34(41)38-25-28(20-22-42(38)47)29-19-21-35-33-13-4-6-17-40(33)48(43(35)26-29)32-24-30-10-8-15-37-44(30)39(27-32)36-16-9-23-46-45(36)37/h1-27H. The smallest absolute Gasteiger partial charge is 0.0786 e. The van der Waals surface area contributed by atoms with Gasteiger partial charge in [0.05, 0.1) is 27.8 Å². The molecule has 3 heterocycles. The SMILES string of the molecule is c1ccc(-n2c3ccccc3c3cc(-c4ccc5c6ccccc6n(-c6cc7c8c(cccc8c6)-c6ncccc6-7)c5c4)ccc32)cc1. The lowest BCUT2D eigenvalue weighted by Gasteiger charge is -2.12. The van der Waals surface area contributed by atoms with Crippen molar-refractivity contribution in [3.63, 3.8) is 0 Å². The molecule has 0 unspecified atom stereocenters. The fourth-order valence-corrected chi connectivity index (χ4v) is 8.22. The van der Waals surface area contributed by atoms with Crippen LogP contribution in [-0.4, -0.2) is 14.1 Å². The van der Waals surface area contributed by atoms with Crippen LogP contribution in [0.1, 0.15) is 0 Å². The zero-order valence-electron chi connectivity index (χ0n) is 25.9. The topological polar surface area (TPSA) is 22.8 Å². The van der Waals surface area contributed by atoms with E-state index in [-0.39, 0.29) is 0 Å². The first-order valence-electron chi connectivity index (χ1n) is 16.5. The Morgan fingerprint density at radius 3 is 1.90 bits per heavy atom. The van der Waals surface area contributed by atoms with Gasteiger partial charge in [0.1, 0.15) is 0 Å². The Labute approximate surface area is 276 Å². The minimum atomic E-state index is 1.07. The molecule has 0 saturated carbocycles. The van der Waals surface area contributed by atoms with Gasteiger partial charge in [0.25, 0.3) is 0 Å². The fourth-order valence-electron chi connectivity index (χ4n) is 8.22. The van der Waals surface area contributed by atoms with Gasteiger partial charge in [0, 0.05) is 50.2 Å². The maximum absolute atomic E-state index is 4.79. The number of hydrogen-bond acceptors (Lipinski definition) is 1. The van der Waals surface area contributed by atoms with Gasteiger partial charge in [-0.2, -0.15) is 0 Å². The van der Waals surface area contributed by atoms with Gasteiger partial charge in [-0.05, 0) is 88.1 Å². The second-order valence-electron chi connectivity index (χ2n) is 12.8. The van der Waals surface area contributed by atoms with Crippen LogP contribution in [0.15, 0.2) is 164 Å². The number of aromatic nitrogens is 3. The van der Waals surface area contributed by atoms with Crippen molar-refractivity contribution < 1.29 is 0 Å². The molecule has 7 aromatic carbocycles. The van der Waals surface area contributed by atoms with Gasteiger partial charge in [0.2, 0.25) is 0 Å². The average Bonchev–Trinajstić information content (AvgIpc) is 3.78. The van der Waals surface area contributed by atoms with Crippen molar-refractivity contribution in [2.75, 3.05) is 0 Å². The summed E-state index contributed by atoms with van der Waals surface area (Å²) in [5.41, 5.74) is 14.3. The number of benzene rings is 7. The largest absolute Gasteiger partial charge is 0.309 e. The highest BCUT2D eigenvalue weighted by atomic mass is 15.0. The lowest BCUT2D eigenvalue weighted by Crippen LogP contribution is -1.95. The summed E-state index contributed by atoms with van der Waals surface area (Å²) in [5.74, 6) is 0. The first kappa shape index (κ1) is 25.7. The predicted octanol–water partition coefficient (Wildman–Crippen LogP) is 11.7. The molecule has 0 spiro atoms. The zero-order chi connectivity index (χ0) is 31.3. The van der Waals surface area contributed by atoms with Crippen molar-refractivity contribution in [3.05, 3.63) is 164 Å². The summed E-state index contributed by atoms with van der Waals surface area (Å²) in [6, 6.07) is 57.6. The van der Waals surface area contributed by atoms with Gasteiger partial charge in [0.15, 0.2) is 0 Å². The van der Waals surface area contributed by atoms with Crippen LogP contribution in [0.5, 0.6) is 0 Å². The maximum atomic E-state index is 4.79. The second-order valence-corrected chi connectivity index (χ2v) is 12.8. The van der Waals surface area contributed by atoms with E-state index in [1.165, 1.54) is 87.9 Å². The summed E-state index contributed by atoms with van der Waals surface area (Å²) >= 11 is 0. The summed E-state index contributed by atoms with van der Waals surface area (Å²) in [7, 11) is 0. The van der Waals surface area contributed by atoms with Gasteiger partial charge < -0.3 is 9.13 Å². The summed E-state index contributed by atoms with van der Waals surface area (Å²) < 4.78 is 4.82. The van der Waals surface area contributed by atoms with E-state index in [2.05, 4.69) is 161 Å². The van der Waals surface area contributed by atoms with Crippen LogP contribution in [0.2, 0.25) is 0 Å². The second kappa shape index (κ2) is 9.54. The Hall–Kier alpha value is -6.45. The van der Waals surface area contributed by atoms with Gasteiger partial charge >= 0.3 is 0 Å². The van der Waals surface area contributed by atoms with Crippen molar-refractivity contribution >= 4 is 54.4 Å². The molecule has 0 aliphatic heterocycles. The Morgan fingerprint density at radius 2 is 1.04 bits per heavy atom. The maximum Gasteiger partial charge on any atom is 0.0786 e. The minimum absolute atomic E-state index is 1.07. The number of rotatable bonds is 3. The molecule has 11 rings (SSSR count). The third kappa shape index (κ3) is 3.45. The molecule has 0 bridgehead atoms. The Kier molecular flexibility index (Phi) is 5.11. The molecule has 0 saturated heterocycles. The number of para-hydroxylation sites is 3. The highest BCUT2D eigenvalue weighted by Crippen LogP contribution is 2.48. The molecule has 0 amide bonds. The molecule has 3 aromatic heterocycles. The molecule has 0 fully saturated rings. The Morgan fingerprint density at radius 1 is 0.375 bits per heavy atom. The van der Waals surface area contributed by atoms with E-state index in [9.17, 15) is 0 Å². The summed E-state index contributed by atoms with van der Waals surface area (Å²) in [6.45, 7) is 0. The van der Waals surface area contributed by atoms with Gasteiger partial charge in [-0.15, -0.1) is 0 Å². The number of nitrogens with zero attached hydrogens (tertiary/aromatic N) is 3. The lowest BCUT2D eigenvalue weighted by atomic mass is 10.0. The van der Waals surface area contributed by atoms with Crippen molar-refractivity contribution in [2.24, 2.45) is 0 Å². The van der Waals surface area contributed by atoms with Crippen LogP contribution in [0, 0.1) is 0 Å². The van der Waals surface area contributed by atoms with Crippen molar-refractivity contribution in [1.29, 1.82) is 0 Å². The van der Waals surface area contributed by atoms with Gasteiger partial charge in [-0.1, -0.05) is 97.1 Å². The van der Waals surface area contributed by atoms with E-state index >= 15 is 0 Å². The normalized spacial score (nSPS) is 12.2. The molecule has 1 aliphatic carbocycles. The van der Waals surface area contributed by atoms with Crippen LogP contribution in [0.25, 0.3) is 99.3 Å². The zero-order valence-corrected chi connectivity index (χ0v) is 25.9. The van der Waals surface area contributed by atoms with Crippen molar-refractivity contribution in [3.8, 4) is 44.9 Å². The molecule has 0 radical (unpaired) electrons. The molecule has 1 aliphatic rings. The third-order valence-electron chi connectivity index (χ3n) is 10.3. The van der Waals surface area contributed by atoms with Crippen LogP contribution in [0.4, 0.5) is 0 Å². The van der Waals surface area contributed by atoms with E-state index in [0.29, 0.717) is 0 Å². The molecule has 0 atom stereocenters. The van der Waals surface area contributed by atoms with E-state index in [4.69, 9.17) is 4.98 Å². The molecule has 0 N–H and O–H groups in total. The van der Waals surface area contributed by atoms with Crippen LogP contribution < -0.4 is 0 Å². The highest BCUT2D eigenvalue weighted by molar-refractivity contribution is 6.16. The first-order valence-corrected chi connectivity index (χ1v) is 16.5. The van der Waals surface area contributed by atoms with E-state index in [1.54, 1.807) is 0 Å². The van der Waals surface area contributed by atoms with Crippen molar-refractivity contribution in [1.82, 2.24) is 14.1 Å². The summed E-state index contributed by atoms with van der Waals surface area (Å²) in [6.07, 6.45) is 1.90. The molecule has 10 aromatic rings. The summed E-state index contributed by atoms with van der Waals surface area (Å²) in [5, 5.41) is 7.56. The number of pyridine rings is 1. The quantitative estimate of drug-likeness (QED) is 0.195. The van der Waals surface area contributed by atoms with Crippen LogP contribution >= 0.6 is 0 Å². The molecule has 3 heteroatoms. The van der Waals surface area contributed by atoms with E-state index in [1.807, 2.05) is 12.3 Å². The van der Waals surface area contributed by atoms with Gasteiger partial charge in [-0.25, -0.2) is 0 Å². The fraction of sp³-hybridized carbons (Fsp3) is 0.